The average molecular weight is 265 g/mol. The number of hydrogen-bond acceptors (Lipinski definition) is 2. The Bertz CT molecular complexity index is 327. The van der Waals surface area contributed by atoms with Crippen LogP contribution in [0.4, 0.5) is 0 Å². The smallest absolute Gasteiger partial charge is 0.0697 e. The number of ether oxygens (including phenoxy) is 1. The summed E-state index contributed by atoms with van der Waals surface area (Å²) >= 11 is 0. The van der Waals surface area contributed by atoms with Gasteiger partial charge in [0.1, 0.15) is 0 Å². The van der Waals surface area contributed by atoms with Gasteiger partial charge in [0.05, 0.1) is 5.60 Å². The van der Waals surface area contributed by atoms with E-state index in [1.165, 1.54) is 45.1 Å². The van der Waals surface area contributed by atoms with Crippen LogP contribution in [-0.2, 0) is 4.74 Å². The Labute approximate surface area is 118 Å². The highest BCUT2D eigenvalue weighted by Gasteiger charge is 2.64. The second-order valence-electron chi connectivity index (χ2n) is 8.33. The largest absolute Gasteiger partial charge is 0.375 e. The Kier molecular flexibility index (Phi) is 3.26. The molecule has 0 bridgehead atoms. The van der Waals surface area contributed by atoms with Gasteiger partial charge in [-0.25, -0.2) is 0 Å². The van der Waals surface area contributed by atoms with Crippen molar-refractivity contribution in [3.8, 4) is 0 Å². The molecule has 1 heterocycles. The van der Waals surface area contributed by atoms with Crippen molar-refractivity contribution in [2.45, 2.75) is 77.9 Å². The first-order valence-electron chi connectivity index (χ1n) is 8.25. The molecule has 1 unspecified atom stereocenters. The molecule has 0 aromatic heterocycles. The summed E-state index contributed by atoms with van der Waals surface area (Å²) < 4.78 is 6.12. The van der Waals surface area contributed by atoms with Gasteiger partial charge in [-0.2, -0.15) is 0 Å². The van der Waals surface area contributed by atoms with Crippen LogP contribution < -0.4 is 5.32 Å². The van der Waals surface area contributed by atoms with Crippen LogP contribution in [0.1, 0.15) is 66.2 Å². The quantitative estimate of drug-likeness (QED) is 0.839. The van der Waals surface area contributed by atoms with Gasteiger partial charge < -0.3 is 10.1 Å². The van der Waals surface area contributed by atoms with E-state index in [1.54, 1.807) is 0 Å². The molecular weight excluding hydrogens is 234 g/mol. The molecule has 110 valence electrons. The summed E-state index contributed by atoms with van der Waals surface area (Å²) in [4.78, 5) is 0. The summed E-state index contributed by atoms with van der Waals surface area (Å²) in [5, 5.41) is 3.87. The van der Waals surface area contributed by atoms with Crippen molar-refractivity contribution in [3.63, 3.8) is 0 Å². The Balaban J connectivity index is 1.51. The molecule has 2 saturated carbocycles. The first kappa shape index (κ1) is 13.9. The predicted octanol–water partition coefficient (Wildman–Crippen LogP) is 3.75. The first-order valence-corrected chi connectivity index (χ1v) is 8.25. The summed E-state index contributed by atoms with van der Waals surface area (Å²) in [6, 6.07) is 0.694. The summed E-state index contributed by atoms with van der Waals surface area (Å²) in [6.07, 6.45) is 7.79. The van der Waals surface area contributed by atoms with Crippen molar-refractivity contribution in [2.24, 2.45) is 16.7 Å². The molecule has 0 radical (unpaired) electrons. The SMILES string of the molecule is CC1(C)C(CNC2CCOC3(CCCC3)C2)C1(C)C. The minimum atomic E-state index is 0.254. The fourth-order valence-electron chi connectivity index (χ4n) is 4.70. The Morgan fingerprint density at radius 1 is 1.05 bits per heavy atom. The van der Waals surface area contributed by atoms with Gasteiger partial charge in [-0.3, -0.25) is 0 Å². The van der Waals surface area contributed by atoms with Crippen LogP contribution in [0.15, 0.2) is 0 Å². The number of hydrogen-bond donors (Lipinski definition) is 1. The molecule has 2 heteroatoms. The molecule has 19 heavy (non-hydrogen) atoms. The maximum absolute atomic E-state index is 6.12. The van der Waals surface area contributed by atoms with Crippen molar-refractivity contribution in [1.29, 1.82) is 0 Å². The van der Waals surface area contributed by atoms with Gasteiger partial charge >= 0.3 is 0 Å². The van der Waals surface area contributed by atoms with Crippen LogP contribution in [0.5, 0.6) is 0 Å². The minimum absolute atomic E-state index is 0.254. The van der Waals surface area contributed by atoms with Crippen LogP contribution >= 0.6 is 0 Å². The monoisotopic (exact) mass is 265 g/mol. The zero-order chi connectivity index (χ0) is 13.7. The van der Waals surface area contributed by atoms with Crippen LogP contribution in [0.2, 0.25) is 0 Å². The lowest BCUT2D eigenvalue weighted by atomic mass is 9.89. The highest BCUT2D eigenvalue weighted by molar-refractivity contribution is 5.13. The zero-order valence-corrected chi connectivity index (χ0v) is 13.2. The molecule has 0 aromatic rings. The topological polar surface area (TPSA) is 21.3 Å². The van der Waals surface area contributed by atoms with Gasteiger partial charge in [-0.05, 0) is 49.0 Å². The highest BCUT2D eigenvalue weighted by atomic mass is 16.5. The predicted molar refractivity (Wildman–Crippen MR) is 79.2 cm³/mol. The summed E-state index contributed by atoms with van der Waals surface area (Å²) in [5.41, 5.74) is 1.27. The zero-order valence-electron chi connectivity index (χ0n) is 13.2. The van der Waals surface area contributed by atoms with Gasteiger partial charge in [0.2, 0.25) is 0 Å². The molecule has 1 saturated heterocycles. The lowest BCUT2D eigenvalue weighted by Gasteiger charge is -2.38. The van der Waals surface area contributed by atoms with Gasteiger partial charge in [0.15, 0.2) is 0 Å². The summed E-state index contributed by atoms with van der Waals surface area (Å²) in [7, 11) is 0. The van der Waals surface area contributed by atoms with E-state index >= 15 is 0 Å². The third kappa shape index (κ3) is 2.25. The maximum Gasteiger partial charge on any atom is 0.0697 e. The van der Waals surface area contributed by atoms with Crippen LogP contribution in [0, 0.1) is 16.7 Å². The molecule has 1 N–H and O–H groups in total. The molecular formula is C17H31NO. The third-order valence-corrected chi connectivity index (χ3v) is 6.94. The van der Waals surface area contributed by atoms with E-state index < -0.39 is 0 Å². The van der Waals surface area contributed by atoms with Crippen LogP contribution in [0.25, 0.3) is 0 Å². The maximum atomic E-state index is 6.12. The molecule has 3 rings (SSSR count). The highest BCUT2D eigenvalue weighted by Crippen LogP contribution is 2.68. The molecule has 2 nitrogen and oxygen atoms in total. The standard InChI is InChI=1S/C17H31NO/c1-15(2)14(16(15,3)4)12-18-13-7-10-19-17(11-13)8-5-6-9-17/h13-14,18H,5-12H2,1-4H3. The normalized spacial score (nSPS) is 35.7. The van der Waals surface area contributed by atoms with E-state index in [4.69, 9.17) is 4.74 Å². The summed E-state index contributed by atoms with van der Waals surface area (Å²) in [6.45, 7) is 11.8. The Morgan fingerprint density at radius 2 is 1.68 bits per heavy atom. The first-order chi connectivity index (χ1) is 8.87. The second-order valence-corrected chi connectivity index (χ2v) is 8.33. The van der Waals surface area contributed by atoms with Crippen molar-refractivity contribution in [3.05, 3.63) is 0 Å². The van der Waals surface area contributed by atoms with Crippen molar-refractivity contribution < 1.29 is 4.74 Å². The third-order valence-electron chi connectivity index (χ3n) is 6.94. The average Bonchev–Trinajstić information content (AvgIpc) is 2.69. The molecule has 3 aliphatic rings. The second kappa shape index (κ2) is 4.46. The Hall–Kier alpha value is -0.0800. The lowest BCUT2D eigenvalue weighted by molar-refractivity contribution is -0.0837. The van der Waals surface area contributed by atoms with E-state index in [0.29, 0.717) is 16.9 Å². The summed E-state index contributed by atoms with van der Waals surface area (Å²) in [5.74, 6) is 0.836. The molecule has 0 amide bonds. The molecule has 2 aliphatic carbocycles. The van der Waals surface area contributed by atoms with Crippen molar-refractivity contribution in [2.75, 3.05) is 13.2 Å². The molecule has 0 aromatic carbocycles. The van der Waals surface area contributed by atoms with Gasteiger partial charge in [-0.1, -0.05) is 40.5 Å². The van der Waals surface area contributed by atoms with E-state index in [0.717, 1.165) is 12.5 Å². The number of nitrogens with one attached hydrogen (secondary N) is 1. The van der Waals surface area contributed by atoms with Crippen molar-refractivity contribution in [1.82, 2.24) is 5.32 Å². The Morgan fingerprint density at radius 3 is 2.26 bits per heavy atom. The van der Waals surface area contributed by atoms with E-state index in [9.17, 15) is 0 Å². The molecule has 1 spiro atoms. The van der Waals surface area contributed by atoms with Gasteiger partial charge in [-0.15, -0.1) is 0 Å². The van der Waals surface area contributed by atoms with Crippen LogP contribution in [0.3, 0.4) is 0 Å². The van der Waals surface area contributed by atoms with E-state index in [-0.39, 0.29) is 5.60 Å². The van der Waals surface area contributed by atoms with Gasteiger partial charge in [0, 0.05) is 12.6 Å². The van der Waals surface area contributed by atoms with E-state index in [2.05, 4.69) is 33.0 Å². The van der Waals surface area contributed by atoms with Gasteiger partial charge in [0.25, 0.3) is 0 Å². The van der Waals surface area contributed by atoms with Crippen LogP contribution in [-0.4, -0.2) is 24.8 Å². The fourth-order valence-corrected chi connectivity index (χ4v) is 4.70. The van der Waals surface area contributed by atoms with Crippen molar-refractivity contribution >= 4 is 0 Å². The lowest BCUT2D eigenvalue weighted by Crippen LogP contribution is -2.46. The minimum Gasteiger partial charge on any atom is -0.375 e. The van der Waals surface area contributed by atoms with E-state index in [1.807, 2.05) is 0 Å². The molecule has 1 atom stereocenters. The molecule has 3 fully saturated rings. The fraction of sp³-hybridized carbons (Fsp3) is 1.00. The molecule has 1 aliphatic heterocycles. The number of rotatable bonds is 3.